The van der Waals surface area contributed by atoms with Crippen LogP contribution in [-0.4, -0.2) is 25.7 Å². The minimum Gasteiger partial charge on any atom is -0.298 e. The molecule has 1 aliphatic rings. The monoisotopic (exact) mass is 239 g/mol. The molecule has 15 heavy (non-hydrogen) atoms. The molecule has 2 heterocycles. The SMILES string of the molecule is C[Si](C)(C)CN1CCCC1c1cccs1. The molecule has 1 saturated heterocycles. The number of thiophene rings is 1. The predicted octanol–water partition coefficient (Wildman–Crippen LogP) is 3.76. The molecule has 1 fully saturated rings. The lowest BCUT2D eigenvalue weighted by Crippen LogP contribution is -2.39. The second-order valence-corrected chi connectivity index (χ2v) is 12.1. The van der Waals surface area contributed by atoms with Gasteiger partial charge in [0.1, 0.15) is 0 Å². The molecule has 1 nitrogen and oxygen atoms in total. The highest BCUT2D eigenvalue weighted by molar-refractivity contribution is 7.10. The summed E-state index contributed by atoms with van der Waals surface area (Å²) in [5.74, 6) is 0. The fourth-order valence-electron chi connectivity index (χ4n) is 2.43. The van der Waals surface area contributed by atoms with E-state index in [0.29, 0.717) is 0 Å². The Morgan fingerprint density at radius 1 is 1.47 bits per heavy atom. The zero-order chi connectivity index (χ0) is 10.9. The van der Waals surface area contributed by atoms with Crippen LogP contribution in [0.2, 0.25) is 19.6 Å². The third-order valence-electron chi connectivity index (χ3n) is 2.91. The molecule has 1 atom stereocenters. The standard InChI is InChI=1S/C12H21NSSi/c1-15(2,3)10-13-8-4-6-11(13)12-7-5-9-14-12/h5,7,9,11H,4,6,8,10H2,1-3H3. The zero-order valence-corrected chi connectivity index (χ0v) is 11.8. The van der Waals surface area contributed by atoms with E-state index < -0.39 is 8.07 Å². The maximum atomic E-state index is 2.72. The summed E-state index contributed by atoms with van der Waals surface area (Å²) in [6.45, 7) is 8.72. The number of rotatable bonds is 3. The van der Waals surface area contributed by atoms with Crippen LogP contribution in [0.3, 0.4) is 0 Å². The molecule has 0 saturated carbocycles. The molecule has 0 aliphatic carbocycles. The summed E-state index contributed by atoms with van der Waals surface area (Å²) in [6, 6.07) is 5.22. The Morgan fingerprint density at radius 2 is 2.27 bits per heavy atom. The summed E-state index contributed by atoms with van der Waals surface area (Å²) in [5.41, 5.74) is 0. The molecular weight excluding hydrogens is 218 g/mol. The molecule has 0 spiro atoms. The van der Waals surface area contributed by atoms with Crippen LogP contribution in [0.5, 0.6) is 0 Å². The number of hydrogen-bond acceptors (Lipinski definition) is 2. The summed E-state index contributed by atoms with van der Waals surface area (Å²) in [5, 5.41) is 2.21. The van der Waals surface area contributed by atoms with Gasteiger partial charge in [0.05, 0.1) is 8.07 Å². The van der Waals surface area contributed by atoms with Crippen molar-refractivity contribution in [3.05, 3.63) is 22.4 Å². The Kier molecular flexibility index (Phi) is 3.33. The first kappa shape index (κ1) is 11.4. The fourth-order valence-corrected chi connectivity index (χ4v) is 4.92. The molecule has 1 aliphatic heterocycles. The summed E-state index contributed by atoms with van der Waals surface area (Å²) in [4.78, 5) is 4.30. The van der Waals surface area contributed by atoms with E-state index in [1.807, 2.05) is 11.3 Å². The van der Waals surface area contributed by atoms with Gasteiger partial charge >= 0.3 is 0 Å². The van der Waals surface area contributed by atoms with Gasteiger partial charge in [-0.25, -0.2) is 0 Å². The second-order valence-electron chi connectivity index (χ2n) is 5.70. The average molecular weight is 239 g/mol. The third kappa shape index (κ3) is 2.92. The van der Waals surface area contributed by atoms with Crippen LogP contribution < -0.4 is 0 Å². The minimum atomic E-state index is -0.946. The van der Waals surface area contributed by atoms with E-state index in [9.17, 15) is 0 Å². The predicted molar refractivity (Wildman–Crippen MR) is 71.2 cm³/mol. The van der Waals surface area contributed by atoms with Gasteiger partial charge in [-0.15, -0.1) is 11.3 Å². The zero-order valence-electron chi connectivity index (χ0n) is 9.99. The van der Waals surface area contributed by atoms with Gasteiger partial charge in [-0.1, -0.05) is 25.7 Å². The van der Waals surface area contributed by atoms with Crippen LogP contribution in [0.4, 0.5) is 0 Å². The minimum absolute atomic E-state index is 0.733. The van der Waals surface area contributed by atoms with Crippen LogP contribution in [0, 0.1) is 0 Å². The average Bonchev–Trinajstić information content (AvgIpc) is 2.68. The van der Waals surface area contributed by atoms with E-state index in [0.717, 1.165) is 6.04 Å². The molecule has 0 amide bonds. The topological polar surface area (TPSA) is 3.24 Å². The van der Waals surface area contributed by atoms with Crippen molar-refractivity contribution in [2.75, 3.05) is 12.7 Å². The molecule has 0 aromatic carbocycles. The summed E-state index contributed by atoms with van der Waals surface area (Å²) < 4.78 is 0. The van der Waals surface area contributed by atoms with E-state index in [2.05, 4.69) is 42.1 Å². The molecular formula is C12H21NSSi. The summed E-state index contributed by atoms with van der Waals surface area (Å²) in [6.07, 6.45) is 4.10. The largest absolute Gasteiger partial charge is 0.298 e. The van der Waals surface area contributed by atoms with Crippen LogP contribution in [0.15, 0.2) is 17.5 Å². The van der Waals surface area contributed by atoms with E-state index in [1.165, 1.54) is 25.6 Å². The van der Waals surface area contributed by atoms with Crippen molar-refractivity contribution in [2.24, 2.45) is 0 Å². The van der Waals surface area contributed by atoms with Gasteiger partial charge in [-0.3, -0.25) is 4.90 Å². The van der Waals surface area contributed by atoms with Gasteiger partial charge in [-0.05, 0) is 37.0 Å². The lowest BCUT2D eigenvalue weighted by atomic mass is 10.2. The van der Waals surface area contributed by atoms with Gasteiger partial charge in [-0.2, -0.15) is 0 Å². The smallest absolute Gasteiger partial charge is 0.0599 e. The van der Waals surface area contributed by atoms with Crippen LogP contribution in [-0.2, 0) is 0 Å². The van der Waals surface area contributed by atoms with Crippen LogP contribution >= 0.6 is 11.3 Å². The van der Waals surface area contributed by atoms with E-state index in [1.54, 1.807) is 4.88 Å². The van der Waals surface area contributed by atoms with Crippen molar-refractivity contribution in [3.8, 4) is 0 Å². The maximum Gasteiger partial charge on any atom is 0.0599 e. The molecule has 1 aromatic rings. The lowest BCUT2D eigenvalue weighted by Gasteiger charge is -2.29. The van der Waals surface area contributed by atoms with Crippen molar-refractivity contribution in [3.63, 3.8) is 0 Å². The number of likely N-dealkylation sites (tertiary alicyclic amines) is 1. The molecule has 84 valence electrons. The molecule has 1 aromatic heterocycles. The quantitative estimate of drug-likeness (QED) is 0.726. The van der Waals surface area contributed by atoms with Gasteiger partial charge in [0.25, 0.3) is 0 Å². The molecule has 2 rings (SSSR count). The van der Waals surface area contributed by atoms with Crippen LogP contribution in [0.1, 0.15) is 23.8 Å². The Morgan fingerprint density at radius 3 is 2.87 bits per heavy atom. The van der Waals surface area contributed by atoms with Crippen molar-refractivity contribution in [2.45, 2.75) is 38.5 Å². The first-order valence-corrected chi connectivity index (χ1v) is 10.4. The lowest BCUT2D eigenvalue weighted by molar-refractivity contribution is 0.299. The highest BCUT2D eigenvalue weighted by Crippen LogP contribution is 2.34. The maximum absolute atomic E-state index is 2.72. The normalized spacial score (nSPS) is 23.5. The number of nitrogens with zero attached hydrogens (tertiary/aromatic N) is 1. The fraction of sp³-hybridized carbons (Fsp3) is 0.667. The van der Waals surface area contributed by atoms with E-state index in [-0.39, 0.29) is 0 Å². The molecule has 0 bridgehead atoms. The van der Waals surface area contributed by atoms with Crippen molar-refractivity contribution >= 4 is 19.4 Å². The molecule has 0 N–H and O–H groups in total. The molecule has 3 heteroatoms. The molecule has 0 radical (unpaired) electrons. The highest BCUT2D eigenvalue weighted by Gasteiger charge is 2.30. The van der Waals surface area contributed by atoms with Crippen molar-refractivity contribution < 1.29 is 0 Å². The van der Waals surface area contributed by atoms with Gasteiger partial charge in [0, 0.05) is 10.9 Å². The van der Waals surface area contributed by atoms with Gasteiger partial charge in [0.2, 0.25) is 0 Å². The third-order valence-corrected chi connectivity index (χ3v) is 5.24. The summed E-state index contributed by atoms with van der Waals surface area (Å²) in [7, 11) is -0.946. The Balaban J connectivity index is 2.06. The first-order valence-electron chi connectivity index (χ1n) is 5.84. The highest BCUT2D eigenvalue weighted by atomic mass is 32.1. The van der Waals surface area contributed by atoms with E-state index >= 15 is 0 Å². The summed E-state index contributed by atoms with van der Waals surface area (Å²) >= 11 is 1.92. The Hall–Kier alpha value is -0.123. The number of hydrogen-bond donors (Lipinski definition) is 0. The van der Waals surface area contributed by atoms with Gasteiger partial charge < -0.3 is 0 Å². The first-order chi connectivity index (χ1) is 7.06. The Labute approximate surface area is 98.1 Å². The van der Waals surface area contributed by atoms with Gasteiger partial charge in [0.15, 0.2) is 0 Å². The van der Waals surface area contributed by atoms with E-state index in [4.69, 9.17) is 0 Å². The van der Waals surface area contributed by atoms with Crippen molar-refractivity contribution in [1.29, 1.82) is 0 Å². The van der Waals surface area contributed by atoms with Crippen LogP contribution in [0.25, 0.3) is 0 Å². The second kappa shape index (κ2) is 4.40. The molecule has 1 unspecified atom stereocenters. The Bertz CT molecular complexity index is 302. The van der Waals surface area contributed by atoms with Crippen molar-refractivity contribution in [1.82, 2.24) is 4.90 Å².